The number of nitrogens with zero attached hydrogens (tertiary/aromatic N) is 3. The lowest BCUT2D eigenvalue weighted by Crippen LogP contribution is -2.20. The molecular formula is C23H24N4O3S. The van der Waals surface area contributed by atoms with Gasteiger partial charge in [-0.2, -0.15) is 0 Å². The smallest absolute Gasteiger partial charge is 0.288 e. The van der Waals surface area contributed by atoms with Crippen molar-refractivity contribution in [3.05, 3.63) is 65.2 Å². The minimum absolute atomic E-state index is 0.0223. The Hall–Kier alpha value is -3.26. The Balaban J connectivity index is 1.63. The van der Waals surface area contributed by atoms with Crippen molar-refractivity contribution in [1.29, 1.82) is 0 Å². The standard InChI is InChI=1S/C23H24N4O3S/c1-23(2,3)14-30-18-10-9-15(13-19(18)29-4)27-12-11-24-20(21(27)28)31-22-25-16-7-5-6-8-17(16)26-22/h5-13H,14H2,1-4H3,(H,25,26). The van der Waals surface area contributed by atoms with Gasteiger partial charge in [-0.25, -0.2) is 9.97 Å². The van der Waals surface area contributed by atoms with Crippen molar-refractivity contribution < 1.29 is 9.47 Å². The average molecular weight is 437 g/mol. The zero-order chi connectivity index (χ0) is 22.0. The molecule has 2 aromatic carbocycles. The number of benzene rings is 2. The fraction of sp³-hybridized carbons (Fsp3) is 0.261. The maximum absolute atomic E-state index is 13.1. The molecule has 0 atom stereocenters. The normalized spacial score (nSPS) is 11.6. The van der Waals surface area contributed by atoms with E-state index in [1.54, 1.807) is 25.6 Å². The van der Waals surface area contributed by atoms with Gasteiger partial charge in [0.2, 0.25) is 0 Å². The molecule has 31 heavy (non-hydrogen) atoms. The van der Waals surface area contributed by atoms with E-state index in [9.17, 15) is 4.79 Å². The fourth-order valence-electron chi connectivity index (χ4n) is 2.96. The Morgan fingerprint density at radius 2 is 1.94 bits per heavy atom. The van der Waals surface area contributed by atoms with E-state index in [1.807, 2.05) is 36.4 Å². The molecule has 2 heterocycles. The number of rotatable bonds is 6. The van der Waals surface area contributed by atoms with Gasteiger partial charge in [0.1, 0.15) is 0 Å². The highest BCUT2D eigenvalue weighted by atomic mass is 32.2. The van der Waals surface area contributed by atoms with E-state index < -0.39 is 0 Å². The highest BCUT2D eigenvalue weighted by Crippen LogP contribution is 2.31. The maximum Gasteiger partial charge on any atom is 0.288 e. The number of fused-ring (bicyclic) bond motifs is 1. The number of aromatic amines is 1. The summed E-state index contributed by atoms with van der Waals surface area (Å²) in [6.45, 7) is 6.86. The Bertz CT molecular complexity index is 1240. The number of para-hydroxylation sites is 2. The lowest BCUT2D eigenvalue weighted by atomic mass is 9.99. The van der Waals surface area contributed by atoms with Crippen molar-refractivity contribution in [2.45, 2.75) is 31.0 Å². The van der Waals surface area contributed by atoms with Crippen LogP contribution in [0.25, 0.3) is 16.7 Å². The molecule has 4 aromatic rings. The van der Waals surface area contributed by atoms with Gasteiger partial charge in [0.25, 0.3) is 5.56 Å². The van der Waals surface area contributed by atoms with Crippen LogP contribution in [-0.2, 0) is 0 Å². The van der Waals surface area contributed by atoms with Gasteiger partial charge in [-0.3, -0.25) is 9.36 Å². The number of hydrogen-bond acceptors (Lipinski definition) is 6. The third kappa shape index (κ3) is 4.74. The molecule has 0 unspecified atom stereocenters. The number of aromatic nitrogens is 4. The first-order valence-electron chi connectivity index (χ1n) is 9.85. The quantitative estimate of drug-likeness (QED) is 0.472. The highest BCUT2D eigenvalue weighted by molar-refractivity contribution is 7.99. The first kappa shape index (κ1) is 21.0. The van der Waals surface area contributed by atoms with Crippen LogP contribution in [0.2, 0.25) is 0 Å². The predicted molar refractivity (Wildman–Crippen MR) is 122 cm³/mol. The summed E-state index contributed by atoms with van der Waals surface area (Å²) in [4.78, 5) is 25.1. The molecule has 7 nitrogen and oxygen atoms in total. The number of methoxy groups -OCH3 is 1. The lowest BCUT2D eigenvalue weighted by molar-refractivity contribution is 0.191. The van der Waals surface area contributed by atoms with Crippen LogP contribution < -0.4 is 15.0 Å². The molecule has 0 radical (unpaired) electrons. The Morgan fingerprint density at radius 3 is 2.68 bits per heavy atom. The molecule has 0 spiro atoms. The van der Waals surface area contributed by atoms with Crippen LogP contribution in [0.1, 0.15) is 20.8 Å². The number of H-pyrrole nitrogens is 1. The Kier molecular flexibility index (Phi) is 5.73. The number of nitrogens with one attached hydrogen (secondary N) is 1. The molecule has 0 fully saturated rings. The highest BCUT2D eigenvalue weighted by Gasteiger charge is 2.16. The van der Waals surface area contributed by atoms with E-state index in [0.717, 1.165) is 11.0 Å². The van der Waals surface area contributed by atoms with Crippen LogP contribution in [-0.4, -0.2) is 33.2 Å². The minimum atomic E-state index is -0.238. The van der Waals surface area contributed by atoms with Crippen molar-refractivity contribution in [3.63, 3.8) is 0 Å². The van der Waals surface area contributed by atoms with Crippen LogP contribution in [0.4, 0.5) is 0 Å². The Labute approximate surface area is 184 Å². The molecule has 0 aliphatic rings. The zero-order valence-corrected chi connectivity index (χ0v) is 18.7. The van der Waals surface area contributed by atoms with Crippen molar-refractivity contribution in [2.75, 3.05) is 13.7 Å². The summed E-state index contributed by atoms with van der Waals surface area (Å²) in [5.74, 6) is 1.21. The fourth-order valence-corrected chi connectivity index (χ4v) is 3.74. The third-order valence-electron chi connectivity index (χ3n) is 4.46. The van der Waals surface area contributed by atoms with Crippen molar-refractivity contribution >= 4 is 22.8 Å². The molecule has 2 aromatic heterocycles. The summed E-state index contributed by atoms with van der Waals surface area (Å²) in [6, 6.07) is 13.2. The number of hydrogen-bond donors (Lipinski definition) is 1. The predicted octanol–water partition coefficient (Wildman–Crippen LogP) is 4.69. The van der Waals surface area contributed by atoms with Crippen LogP contribution in [0.5, 0.6) is 11.5 Å². The van der Waals surface area contributed by atoms with E-state index in [-0.39, 0.29) is 11.0 Å². The van der Waals surface area contributed by atoms with E-state index in [1.165, 1.54) is 16.3 Å². The van der Waals surface area contributed by atoms with E-state index in [4.69, 9.17) is 9.47 Å². The van der Waals surface area contributed by atoms with Crippen molar-refractivity contribution in [1.82, 2.24) is 19.5 Å². The second-order valence-corrected chi connectivity index (χ2v) is 9.23. The first-order valence-corrected chi connectivity index (χ1v) is 10.7. The number of ether oxygens (including phenoxy) is 2. The molecule has 0 saturated carbocycles. The van der Waals surface area contributed by atoms with Gasteiger partial charge in [0.05, 0.1) is 30.4 Å². The molecule has 4 rings (SSSR count). The van der Waals surface area contributed by atoms with Crippen LogP contribution >= 0.6 is 11.8 Å². The summed E-state index contributed by atoms with van der Waals surface area (Å²) in [6.07, 6.45) is 3.23. The van der Waals surface area contributed by atoms with Crippen molar-refractivity contribution in [3.8, 4) is 17.2 Å². The summed E-state index contributed by atoms with van der Waals surface area (Å²) >= 11 is 1.21. The number of imidazole rings is 1. The summed E-state index contributed by atoms with van der Waals surface area (Å²) in [7, 11) is 1.58. The van der Waals surface area contributed by atoms with Gasteiger partial charge < -0.3 is 14.5 Å². The topological polar surface area (TPSA) is 82.0 Å². The van der Waals surface area contributed by atoms with Crippen LogP contribution in [0, 0.1) is 5.41 Å². The van der Waals surface area contributed by atoms with E-state index >= 15 is 0 Å². The largest absolute Gasteiger partial charge is 0.493 e. The second kappa shape index (κ2) is 8.47. The van der Waals surface area contributed by atoms with Crippen LogP contribution in [0.3, 0.4) is 0 Å². The van der Waals surface area contributed by atoms with E-state index in [2.05, 4.69) is 35.7 Å². The molecule has 0 bridgehead atoms. The Morgan fingerprint density at radius 1 is 1.13 bits per heavy atom. The molecule has 0 saturated heterocycles. The summed E-state index contributed by atoms with van der Waals surface area (Å²) in [5, 5.41) is 0.945. The minimum Gasteiger partial charge on any atom is -0.493 e. The van der Waals surface area contributed by atoms with Gasteiger partial charge in [-0.05, 0) is 41.4 Å². The lowest BCUT2D eigenvalue weighted by Gasteiger charge is -2.20. The van der Waals surface area contributed by atoms with E-state index in [0.29, 0.717) is 34.0 Å². The van der Waals surface area contributed by atoms with Gasteiger partial charge in [-0.1, -0.05) is 32.9 Å². The second-order valence-electron chi connectivity index (χ2n) is 8.25. The van der Waals surface area contributed by atoms with Gasteiger partial charge in [-0.15, -0.1) is 0 Å². The molecule has 8 heteroatoms. The molecule has 1 N–H and O–H groups in total. The summed E-state index contributed by atoms with van der Waals surface area (Å²) in [5.41, 5.74) is 2.21. The summed E-state index contributed by atoms with van der Waals surface area (Å²) < 4.78 is 12.9. The monoisotopic (exact) mass is 436 g/mol. The SMILES string of the molecule is COc1cc(-n2ccnc(Sc3nc4ccccc4[nH]3)c2=O)ccc1OCC(C)(C)C. The molecule has 0 amide bonds. The molecule has 0 aliphatic carbocycles. The van der Waals surface area contributed by atoms with Crippen molar-refractivity contribution in [2.24, 2.45) is 5.41 Å². The van der Waals surface area contributed by atoms with Gasteiger partial charge >= 0.3 is 0 Å². The third-order valence-corrected chi connectivity index (χ3v) is 5.32. The maximum atomic E-state index is 13.1. The molecule has 160 valence electrons. The molecule has 0 aliphatic heterocycles. The average Bonchev–Trinajstić information content (AvgIpc) is 3.15. The molecular weight excluding hydrogens is 412 g/mol. The van der Waals surface area contributed by atoms with Gasteiger partial charge in [0.15, 0.2) is 21.7 Å². The zero-order valence-electron chi connectivity index (χ0n) is 17.9. The first-order chi connectivity index (χ1) is 14.8. The van der Waals surface area contributed by atoms with Crippen LogP contribution in [0.15, 0.2) is 69.8 Å². The van der Waals surface area contributed by atoms with Gasteiger partial charge in [0, 0.05) is 18.5 Å².